The van der Waals surface area contributed by atoms with Crippen molar-refractivity contribution in [2.24, 2.45) is 10.9 Å². The Balaban J connectivity index is 1.40. The van der Waals surface area contributed by atoms with Crippen molar-refractivity contribution in [1.82, 2.24) is 4.98 Å². The van der Waals surface area contributed by atoms with Gasteiger partial charge in [0.15, 0.2) is 0 Å². The van der Waals surface area contributed by atoms with Crippen LogP contribution in [0.2, 0.25) is 0 Å². The zero-order valence-electron chi connectivity index (χ0n) is 15.6. The predicted molar refractivity (Wildman–Crippen MR) is 110 cm³/mol. The van der Waals surface area contributed by atoms with Crippen molar-refractivity contribution in [3.63, 3.8) is 0 Å². The minimum atomic E-state index is -0.566. The van der Waals surface area contributed by atoms with E-state index in [1.54, 1.807) is 18.3 Å². The maximum absolute atomic E-state index is 12.3. The van der Waals surface area contributed by atoms with Crippen LogP contribution in [0.1, 0.15) is 22.6 Å². The van der Waals surface area contributed by atoms with Crippen LogP contribution in [0.5, 0.6) is 0 Å². The maximum Gasteiger partial charge on any atom is 0.412 e. The fourth-order valence-corrected chi connectivity index (χ4v) is 3.59. The number of pyridine rings is 1. The van der Waals surface area contributed by atoms with Crippen molar-refractivity contribution in [3.8, 4) is 11.1 Å². The fourth-order valence-electron chi connectivity index (χ4n) is 3.59. The van der Waals surface area contributed by atoms with Crippen LogP contribution in [-0.4, -0.2) is 28.7 Å². The number of nitrogens with two attached hydrogens (primary N) is 1. The van der Waals surface area contributed by atoms with Gasteiger partial charge in [-0.05, 0) is 33.9 Å². The number of nitrogens with one attached hydrogen (secondary N) is 1. The molecule has 1 amide bonds. The smallest absolute Gasteiger partial charge is 0.412 e. The Labute approximate surface area is 167 Å². The van der Waals surface area contributed by atoms with Crippen LogP contribution in [-0.2, 0) is 11.2 Å². The van der Waals surface area contributed by atoms with Crippen LogP contribution >= 0.6 is 0 Å². The molecule has 2 aromatic carbocycles. The molecule has 0 bridgehead atoms. The molecule has 7 heteroatoms. The Morgan fingerprint density at radius 1 is 1.07 bits per heavy atom. The van der Waals surface area contributed by atoms with Gasteiger partial charge in [-0.3, -0.25) is 5.32 Å². The average molecular weight is 388 g/mol. The Morgan fingerprint density at radius 2 is 1.72 bits per heavy atom. The van der Waals surface area contributed by atoms with Gasteiger partial charge in [0.2, 0.25) is 0 Å². The molecule has 7 nitrogen and oxygen atoms in total. The predicted octanol–water partition coefficient (Wildman–Crippen LogP) is 3.73. The molecule has 0 aliphatic heterocycles. The summed E-state index contributed by atoms with van der Waals surface area (Å²) in [5.41, 5.74) is 10.9. The van der Waals surface area contributed by atoms with E-state index < -0.39 is 6.09 Å². The SMILES string of the molecule is NC(Cc1ccc(NC(=O)OCC2c3ccccc3-c3ccccc32)nc1)=NO. The molecule has 0 fully saturated rings. The van der Waals surface area contributed by atoms with Gasteiger partial charge in [0.05, 0.1) is 0 Å². The topological polar surface area (TPSA) is 110 Å². The van der Waals surface area contributed by atoms with Crippen molar-refractivity contribution in [2.75, 3.05) is 11.9 Å². The molecule has 1 aromatic heterocycles. The van der Waals surface area contributed by atoms with Crippen LogP contribution in [0.25, 0.3) is 11.1 Å². The van der Waals surface area contributed by atoms with E-state index in [2.05, 4.69) is 39.7 Å². The number of carbonyl (C=O) groups excluding carboxylic acids is 1. The van der Waals surface area contributed by atoms with Gasteiger partial charge in [0.1, 0.15) is 18.3 Å². The molecule has 1 heterocycles. The Hall–Kier alpha value is -3.87. The number of ether oxygens (including phenoxy) is 1. The van der Waals surface area contributed by atoms with E-state index in [1.807, 2.05) is 24.3 Å². The molecule has 0 radical (unpaired) electrons. The van der Waals surface area contributed by atoms with E-state index >= 15 is 0 Å². The first kappa shape index (κ1) is 18.5. The summed E-state index contributed by atoms with van der Waals surface area (Å²) in [5.74, 6) is 0.457. The average Bonchev–Trinajstić information content (AvgIpc) is 3.07. The Bertz CT molecular complexity index is 1020. The lowest BCUT2D eigenvalue weighted by Gasteiger charge is -2.14. The van der Waals surface area contributed by atoms with Crippen LogP contribution in [0.15, 0.2) is 72.0 Å². The third-order valence-corrected chi connectivity index (χ3v) is 4.91. The third kappa shape index (κ3) is 3.89. The minimum Gasteiger partial charge on any atom is -0.448 e. The second-order valence-electron chi connectivity index (χ2n) is 6.77. The van der Waals surface area contributed by atoms with Gasteiger partial charge in [-0.15, -0.1) is 0 Å². The largest absolute Gasteiger partial charge is 0.448 e. The molecule has 146 valence electrons. The number of amides is 1. The van der Waals surface area contributed by atoms with Crippen LogP contribution in [0, 0.1) is 0 Å². The number of aromatic nitrogens is 1. The first-order valence-electron chi connectivity index (χ1n) is 9.19. The number of anilines is 1. The number of nitrogens with zero attached hydrogens (tertiary/aromatic N) is 2. The molecule has 29 heavy (non-hydrogen) atoms. The van der Waals surface area contributed by atoms with Gasteiger partial charge in [0.25, 0.3) is 0 Å². The number of fused-ring (bicyclic) bond motifs is 3. The van der Waals surface area contributed by atoms with Crippen molar-refractivity contribution in [1.29, 1.82) is 0 Å². The van der Waals surface area contributed by atoms with E-state index in [0.29, 0.717) is 5.82 Å². The first-order chi connectivity index (χ1) is 14.2. The molecular formula is C22H20N4O3. The number of oxime groups is 1. The molecule has 0 saturated heterocycles. The number of hydrogen-bond acceptors (Lipinski definition) is 5. The van der Waals surface area contributed by atoms with E-state index in [0.717, 1.165) is 16.7 Å². The lowest BCUT2D eigenvalue weighted by Crippen LogP contribution is -2.18. The van der Waals surface area contributed by atoms with Gasteiger partial charge in [-0.25, -0.2) is 9.78 Å². The second-order valence-corrected chi connectivity index (χ2v) is 6.77. The molecular weight excluding hydrogens is 368 g/mol. The van der Waals surface area contributed by atoms with Crippen molar-refractivity contribution >= 4 is 17.7 Å². The lowest BCUT2D eigenvalue weighted by atomic mass is 9.98. The van der Waals surface area contributed by atoms with Crippen molar-refractivity contribution < 1.29 is 14.7 Å². The molecule has 4 N–H and O–H groups in total. The summed E-state index contributed by atoms with van der Waals surface area (Å²) in [6, 6.07) is 19.7. The zero-order chi connectivity index (χ0) is 20.2. The monoisotopic (exact) mass is 388 g/mol. The quantitative estimate of drug-likeness (QED) is 0.267. The van der Waals surface area contributed by atoms with E-state index in [4.69, 9.17) is 15.7 Å². The molecule has 1 aliphatic rings. The van der Waals surface area contributed by atoms with E-state index in [1.165, 1.54) is 11.1 Å². The number of rotatable bonds is 5. The standard InChI is InChI=1S/C22H20N4O3/c23-20(26-28)11-14-9-10-21(24-12-14)25-22(27)29-13-19-17-7-3-1-5-15(17)16-6-2-4-8-18(16)19/h1-10,12,19,28H,11,13H2,(H2,23,26)(H,24,25,27). The highest BCUT2D eigenvalue weighted by Gasteiger charge is 2.29. The highest BCUT2D eigenvalue weighted by molar-refractivity contribution is 5.84. The lowest BCUT2D eigenvalue weighted by molar-refractivity contribution is 0.158. The molecule has 1 aliphatic carbocycles. The van der Waals surface area contributed by atoms with E-state index in [9.17, 15) is 4.79 Å². The highest BCUT2D eigenvalue weighted by atomic mass is 16.5. The maximum atomic E-state index is 12.3. The summed E-state index contributed by atoms with van der Waals surface area (Å²) in [4.78, 5) is 16.4. The normalized spacial score (nSPS) is 12.9. The summed E-state index contributed by atoms with van der Waals surface area (Å²) in [7, 11) is 0. The van der Waals surface area contributed by atoms with Gasteiger partial charge in [-0.1, -0.05) is 59.8 Å². The van der Waals surface area contributed by atoms with Crippen LogP contribution in [0.4, 0.5) is 10.6 Å². The summed E-state index contributed by atoms with van der Waals surface area (Å²) in [5, 5.41) is 14.2. The first-order valence-corrected chi connectivity index (χ1v) is 9.19. The molecule has 0 spiro atoms. The van der Waals surface area contributed by atoms with Crippen molar-refractivity contribution in [2.45, 2.75) is 12.3 Å². The van der Waals surface area contributed by atoms with Crippen LogP contribution < -0.4 is 11.1 Å². The number of benzene rings is 2. The summed E-state index contributed by atoms with van der Waals surface area (Å²) in [6.45, 7) is 0.238. The van der Waals surface area contributed by atoms with Crippen LogP contribution in [0.3, 0.4) is 0 Å². The van der Waals surface area contributed by atoms with E-state index in [-0.39, 0.29) is 24.8 Å². The molecule has 0 atom stereocenters. The summed E-state index contributed by atoms with van der Waals surface area (Å²) in [6.07, 6.45) is 1.26. The third-order valence-electron chi connectivity index (χ3n) is 4.91. The van der Waals surface area contributed by atoms with Crippen molar-refractivity contribution in [3.05, 3.63) is 83.6 Å². The van der Waals surface area contributed by atoms with Gasteiger partial charge < -0.3 is 15.7 Å². The minimum absolute atomic E-state index is 0.00392. The Morgan fingerprint density at radius 3 is 2.31 bits per heavy atom. The molecule has 4 rings (SSSR count). The van der Waals surface area contributed by atoms with Gasteiger partial charge >= 0.3 is 6.09 Å². The Kier molecular flexibility index (Phi) is 5.11. The van der Waals surface area contributed by atoms with Gasteiger partial charge in [0, 0.05) is 18.5 Å². The number of hydrogen-bond donors (Lipinski definition) is 3. The molecule has 3 aromatic rings. The second kappa shape index (κ2) is 8.02. The fraction of sp³-hybridized carbons (Fsp3) is 0.136. The number of amidine groups is 1. The number of carbonyl (C=O) groups is 1. The molecule has 0 unspecified atom stereocenters. The summed E-state index contributed by atoms with van der Waals surface area (Å²) >= 11 is 0. The molecule has 0 saturated carbocycles. The summed E-state index contributed by atoms with van der Waals surface area (Å²) < 4.78 is 5.49. The zero-order valence-corrected chi connectivity index (χ0v) is 15.6. The van der Waals surface area contributed by atoms with Gasteiger partial charge in [-0.2, -0.15) is 0 Å². The highest BCUT2D eigenvalue weighted by Crippen LogP contribution is 2.44.